The second-order valence-corrected chi connectivity index (χ2v) is 6.22. The fourth-order valence-corrected chi connectivity index (χ4v) is 3.12. The normalized spacial score (nSPS) is 18.6. The molecular weight excluding hydrogens is 308 g/mol. The minimum absolute atomic E-state index is 0.00373. The van der Waals surface area contributed by atoms with Crippen molar-refractivity contribution < 1.29 is 14.6 Å². The van der Waals surface area contributed by atoms with E-state index in [0.29, 0.717) is 31.7 Å². The summed E-state index contributed by atoms with van der Waals surface area (Å²) in [4.78, 5) is 26.6. The summed E-state index contributed by atoms with van der Waals surface area (Å²) in [6.45, 7) is 3.98. The minimum Gasteiger partial charge on any atom is -0.396 e. The van der Waals surface area contributed by atoms with Crippen LogP contribution in [0.3, 0.4) is 0 Å². The van der Waals surface area contributed by atoms with Gasteiger partial charge >= 0.3 is 0 Å². The number of aliphatic hydroxyl groups is 1. The molecule has 6 nitrogen and oxygen atoms in total. The number of pyridine rings is 1. The van der Waals surface area contributed by atoms with Gasteiger partial charge in [-0.3, -0.25) is 9.59 Å². The topological polar surface area (TPSA) is 71.8 Å². The highest BCUT2D eigenvalue weighted by molar-refractivity contribution is 5.82. The molecule has 1 N–H and O–H groups in total. The number of benzene rings is 1. The molecule has 0 radical (unpaired) electrons. The van der Waals surface area contributed by atoms with Crippen LogP contribution in [0.4, 0.5) is 0 Å². The summed E-state index contributed by atoms with van der Waals surface area (Å²) >= 11 is 0. The Kier molecular flexibility index (Phi) is 4.97. The molecule has 128 valence electrons. The number of fused-ring (bicyclic) bond motifs is 1. The maximum Gasteiger partial charge on any atom is 0.242 e. The first-order valence-electron chi connectivity index (χ1n) is 8.15. The van der Waals surface area contributed by atoms with Crippen LogP contribution in [0.25, 0.3) is 10.9 Å². The molecule has 1 fully saturated rings. The smallest absolute Gasteiger partial charge is 0.242 e. The molecule has 3 rings (SSSR count). The van der Waals surface area contributed by atoms with E-state index in [2.05, 4.69) is 0 Å². The van der Waals surface area contributed by atoms with Gasteiger partial charge in [0, 0.05) is 42.8 Å². The number of nitrogens with zero attached hydrogens (tertiary/aromatic N) is 2. The Morgan fingerprint density at radius 2 is 2.17 bits per heavy atom. The average Bonchev–Trinajstić information content (AvgIpc) is 2.84. The van der Waals surface area contributed by atoms with Gasteiger partial charge in [-0.1, -0.05) is 12.1 Å². The van der Waals surface area contributed by atoms with Crippen molar-refractivity contribution in [2.75, 3.05) is 32.9 Å². The lowest BCUT2D eigenvalue weighted by Gasteiger charge is -2.24. The molecule has 1 unspecified atom stereocenters. The predicted molar refractivity (Wildman–Crippen MR) is 90.9 cm³/mol. The molecule has 0 aliphatic carbocycles. The highest BCUT2D eigenvalue weighted by Gasteiger charge is 2.22. The van der Waals surface area contributed by atoms with Gasteiger partial charge in [0.2, 0.25) is 5.91 Å². The summed E-state index contributed by atoms with van der Waals surface area (Å²) < 4.78 is 7.31. The van der Waals surface area contributed by atoms with Crippen LogP contribution in [0, 0.1) is 12.8 Å². The molecule has 1 aromatic heterocycles. The average molecular weight is 330 g/mol. The second kappa shape index (κ2) is 7.15. The number of aromatic nitrogens is 1. The molecule has 0 saturated carbocycles. The number of amides is 1. The van der Waals surface area contributed by atoms with Gasteiger partial charge < -0.3 is 19.3 Å². The van der Waals surface area contributed by atoms with Gasteiger partial charge in [0.05, 0.1) is 18.7 Å². The van der Waals surface area contributed by atoms with Crippen molar-refractivity contribution in [3.05, 3.63) is 46.2 Å². The van der Waals surface area contributed by atoms with Gasteiger partial charge in [-0.15, -0.1) is 0 Å². The zero-order valence-corrected chi connectivity index (χ0v) is 13.8. The summed E-state index contributed by atoms with van der Waals surface area (Å²) in [5.74, 6) is -0.0841. The zero-order chi connectivity index (χ0) is 17.1. The van der Waals surface area contributed by atoms with Gasteiger partial charge in [-0.25, -0.2) is 0 Å². The van der Waals surface area contributed by atoms with Crippen LogP contribution in [-0.4, -0.2) is 53.4 Å². The maximum absolute atomic E-state index is 12.8. The van der Waals surface area contributed by atoms with Crippen LogP contribution in [0.2, 0.25) is 0 Å². The standard InChI is InChI=1S/C18H22N2O4/c1-13-8-17(22)15-4-2-3-5-16(15)20(13)10-18(23)19-6-7-24-12-14(9-19)11-21/h2-5,8,14,21H,6-7,9-12H2,1H3. The SMILES string of the molecule is Cc1cc(=O)c2ccccc2n1CC(=O)N1CCOCC(CO)C1. The number of aliphatic hydroxyl groups excluding tert-OH is 1. The second-order valence-electron chi connectivity index (χ2n) is 6.22. The van der Waals surface area contributed by atoms with Gasteiger partial charge in [0.25, 0.3) is 0 Å². The summed E-state index contributed by atoms with van der Waals surface area (Å²) in [7, 11) is 0. The molecule has 0 spiro atoms. The third-order valence-corrected chi connectivity index (χ3v) is 4.47. The van der Waals surface area contributed by atoms with E-state index in [1.165, 1.54) is 0 Å². The van der Waals surface area contributed by atoms with Gasteiger partial charge in [0.15, 0.2) is 5.43 Å². The van der Waals surface area contributed by atoms with Crippen molar-refractivity contribution in [1.29, 1.82) is 0 Å². The van der Waals surface area contributed by atoms with Crippen LogP contribution in [0.5, 0.6) is 0 Å². The predicted octanol–water partition coefficient (Wildman–Crippen LogP) is 0.777. The monoisotopic (exact) mass is 330 g/mol. The number of aryl methyl sites for hydroxylation is 1. The molecule has 1 aliphatic rings. The molecule has 1 aromatic carbocycles. The van der Waals surface area contributed by atoms with Gasteiger partial charge in [0.1, 0.15) is 6.54 Å². The maximum atomic E-state index is 12.8. The Morgan fingerprint density at radius 3 is 2.96 bits per heavy atom. The number of hydrogen-bond donors (Lipinski definition) is 1. The molecule has 1 aliphatic heterocycles. The number of carbonyl (C=O) groups excluding carboxylic acids is 1. The van der Waals surface area contributed by atoms with Crippen LogP contribution < -0.4 is 5.43 Å². The minimum atomic E-state index is -0.0525. The van der Waals surface area contributed by atoms with E-state index < -0.39 is 0 Å². The van der Waals surface area contributed by atoms with Gasteiger partial charge in [-0.2, -0.15) is 0 Å². The Morgan fingerprint density at radius 1 is 1.38 bits per heavy atom. The van der Waals surface area contributed by atoms with E-state index in [4.69, 9.17) is 4.74 Å². The van der Waals surface area contributed by atoms with Crippen LogP contribution >= 0.6 is 0 Å². The number of hydrogen-bond acceptors (Lipinski definition) is 4. The first-order valence-corrected chi connectivity index (χ1v) is 8.15. The molecule has 24 heavy (non-hydrogen) atoms. The van der Waals surface area contributed by atoms with Crippen molar-refractivity contribution >= 4 is 16.8 Å². The molecule has 1 amide bonds. The van der Waals surface area contributed by atoms with E-state index in [1.54, 1.807) is 17.0 Å². The fraction of sp³-hybridized carbons (Fsp3) is 0.444. The molecule has 2 aromatic rings. The van der Waals surface area contributed by atoms with Gasteiger partial charge in [-0.05, 0) is 19.1 Å². The quantitative estimate of drug-likeness (QED) is 0.903. The number of carbonyl (C=O) groups is 1. The molecular formula is C18H22N2O4. The lowest BCUT2D eigenvalue weighted by molar-refractivity contribution is -0.132. The van der Waals surface area contributed by atoms with E-state index in [9.17, 15) is 14.7 Å². The molecule has 2 heterocycles. The molecule has 1 saturated heterocycles. The van der Waals surface area contributed by atoms with Crippen molar-refractivity contribution in [3.8, 4) is 0 Å². The Bertz CT molecular complexity index is 799. The van der Waals surface area contributed by atoms with E-state index in [-0.39, 0.29) is 30.4 Å². The Hall–Kier alpha value is -2.18. The van der Waals surface area contributed by atoms with Crippen LogP contribution in [0.15, 0.2) is 35.1 Å². The lowest BCUT2D eigenvalue weighted by atomic mass is 10.1. The third-order valence-electron chi connectivity index (χ3n) is 4.47. The van der Waals surface area contributed by atoms with Crippen LogP contribution in [-0.2, 0) is 16.1 Å². The molecule has 1 atom stereocenters. The van der Waals surface area contributed by atoms with Crippen molar-refractivity contribution in [2.24, 2.45) is 5.92 Å². The van der Waals surface area contributed by atoms with Crippen molar-refractivity contribution in [3.63, 3.8) is 0 Å². The lowest BCUT2D eigenvalue weighted by Crippen LogP contribution is -2.39. The summed E-state index contributed by atoms with van der Waals surface area (Å²) in [5.41, 5.74) is 1.49. The van der Waals surface area contributed by atoms with Crippen molar-refractivity contribution in [2.45, 2.75) is 13.5 Å². The fourth-order valence-electron chi connectivity index (χ4n) is 3.12. The number of para-hydroxylation sites is 1. The third kappa shape index (κ3) is 3.34. The van der Waals surface area contributed by atoms with Crippen molar-refractivity contribution in [1.82, 2.24) is 9.47 Å². The molecule has 0 bridgehead atoms. The highest BCUT2D eigenvalue weighted by atomic mass is 16.5. The highest BCUT2D eigenvalue weighted by Crippen LogP contribution is 2.14. The van der Waals surface area contributed by atoms with E-state index >= 15 is 0 Å². The van der Waals surface area contributed by atoms with Crippen LogP contribution in [0.1, 0.15) is 5.69 Å². The summed E-state index contributed by atoms with van der Waals surface area (Å²) in [6, 6.07) is 8.89. The Balaban J connectivity index is 1.89. The van der Waals surface area contributed by atoms with E-state index in [0.717, 1.165) is 11.2 Å². The van der Waals surface area contributed by atoms with E-state index in [1.807, 2.05) is 29.7 Å². The zero-order valence-electron chi connectivity index (χ0n) is 13.8. The summed E-state index contributed by atoms with van der Waals surface area (Å²) in [5, 5.41) is 9.98. The Labute approximate surface area is 140 Å². The number of ether oxygens (including phenoxy) is 1. The number of rotatable bonds is 3. The first kappa shape index (κ1) is 16.7. The molecule has 6 heteroatoms. The largest absolute Gasteiger partial charge is 0.396 e. The first-order chi connectivity index (χ1) is 11.6. The summed E-state index contributed by atoms with van der Waals surface area (Å²) in [6.07, 6.45) is 0.